The van der Waals surface area contributed by atoms with Crippen molar-refractivity contribution in [2.45, 2.75) is 13.3 Å². The second-order valence-corrected chi connectivity index (χ2v) is 4.24. The highest BCUT2D eigenvalue weighted by Crippen LogP contribution is 2.20. The van der Waals surface area contributed by atoms with Crippen LogP contribution in [0.3, 0.4) is 0 Å². The van der Waals surface area contributed by atoms with Crippen molar-refractivity contribution < 1.29 is 0 Å². The number of H-pyrrole nitrogens is 1. The average Bonchev–Trinajstić information content (AvgIpc) is 2.58. The highest BCUT2D eigenvalue weighted by Gasteiger charge is 2.13. The van der Waals surface area contributed by atoms with Crippen LogP contribution in [0.1, 0.15) is 11.1 Å². The van der Waals surface area contributed by atoms with E-state index in [1.54, 1.807) is 7.05 Å². The minimum absolute atomic E-state index is 0.00644. The van der Waals surface area contributed by atoms with Crippen LogP contribution in [-0.4, -0.2) is 16.3 Å². The lowest BCUT2D eigenvalue weighted by Gasteiger charge is -2.02. The van der Waals surface area contributed by atoms with E-state index in [0.717, 1.165) is 16.8 Å². The quantitative estimate of drug-likeness (QED) is 0.833. The average molecular weight is 231 g/mol. The fourth-order valence-corrected chi connectivity index (χ4v) is 2.01. The van der Waals surface area contributed by atoms with Crippen molar-refractivity contribution in [1.29, 1.82) is 0 Å². The first-order valence-corrected chi connectivity index (χ1v) is 5.68. The Morgan fingerprint density at radius 2 is 2.18 bits per heavy atom. The van der Waals surface area contributed by atoms with Crippen LogP contribution in [0, 0.1) is 6.92 Å². The topological polar surface area (TPSA) is 63.8 Å². The predicted molar refractivity (Wildman–Crippen MR) is 69.0 cm³/mol. The summed E-state index contributed by atoms with van der Waals surface area (Å²) in [5.74, 6) is 0. The Hall–Kier alpha value is -1.81. The van der Waals surface area contributed by atoms with Crippen molar-refractivity contribution >= 4 is 0 Å². The first-order valence-electron chi connectivity index (χ1n) is 5.68. The SMILES string of the molecule is Cc1cccc(-c2[nH]n(C)c(=O)c2CCN)c1. The number of nitrogens with one attached hydrogen (secondary N) is 1. The monoisotopic (exact) mass is 231 g/mol. The first kappa shape index (κ1) is 11.7. The highest BCUT2D eigenvalue weighted by molar-refractivity contribution is 5.63. The van der Waals surface area contributed by atoms with E-state index in [-0.39, 0.29) is 5.56 Å². The van der Waals surface area contributed by atoms with Crippen LogP contribution in [0.25, 0.3) is 11.3 Å². The van der Waals surface area contributed by atoms with Crippen molar-refractivity contribution in [1.82, 2.24) is 9.78 Å². The molecule has 0 unspecified atom stereocenters. The molecule has 0 aliphatic heterocycles. The molecule has 0 spiro atoms. The molecular weight excluding hydrogens is 214 g/mol. The summed E-state index contributed by atoms with van der Waals surface area (Å²) >= 11 is 0. The van der Waals surface area contributed by atoms with E-state index >= 15 is 0 Å². The molecule has 2 rings (SSSR count). The van der Waals surface area contributed by atoms with Crippen LogP contribution in [0.5, 0.6) is 0 Å². The van der Waals surface area contributed by atoms with Crippen molar-refractivity contribution in [3.8, 4) is 11.3 Å². The Balaban J connectivity index is 2.59. The fraction of sp³-hybridized carbons (Fsp3) is 0.308. The van der Waals surface area contributed by atoms with E-state index in [9.17, 15) is 4.79 Å². The molecule has 0 saturated carbocycles. The zero-order chi connectivity index (χ0) is 12.4. The molecule has 3 N–H and O–H groups in total. The molecule has 0 atom stereocenters. The van der Waals surface area contributed by atoms with Crippen molar-refractivity contribution in [2.75, 3.05) is 6.54 Å². The van der Waals surface area contributed by atoms with Gasteiger partial charge in [-0.3, -0.25) is 14.6 Å². The van der Waals surface area contributed by atoms with Gasteiger partial charge in [0.1, 0.15) is 0 Å². The summed E-state index contributed by atoms with van der Waals surface area (Å²) in [5.41, 5.74) is 9.41. The molecule has 0 bridgehead atoms. The summed E-state index contributed by atoms with van der Waals surface area (Å²) in [7, 11) is 1.72. The van der Waals surface area contributed by atoms with Gasteiger partial charge in [0.15, 0.2) is 0 Å². The first-order chi connectivity index (χ1) is 8.13. The number of aryl methyl sites for hydroxylation is 2. The third kappa shape index (κ3) is 2.17. The van der Waals surface area contributed by atoms with E-state index in [4.69, 9.17) is 5.73 Å². The van der Waals surface area contributed by atoms with Gasteiger partial charge in [-0.1, -0.05) is 23.8 Å². The van der Waals surface area contributed by atoms with E-state index in [1.807, 2.05) is 25.1 Å². The molecule has 0 amide bonds. The molecule has 2 aromatic rings. The maximum absolute atomic E-state index is 11.9. The second kappa shape index (κ2) is 4.59. The van der Waals surface area contributed by atoms with Gasteiger partial charge in [0, 0.05) is 18.2 Å². The predicted octanol–water partition coefficient (Wildman–Crippen LogP) is 1.19. The van der Waals surface area contributed by atoms with Crippen LogP contribution >= 0.6 is 0 Å². The smallest absolute Gasteiger partial charge is 0.270 e. The van der Waals surface area contributed by atoms with Crippen molar-refractivity contribution in [2.24, 2.45) is 12.8 Å². The zero-order valence-corrected chi connectivity index (χ0v) is 10.2. The number of aromatic amines is 1. The van der Waals surface area contributed by atoms with Gasteiger partial charge in [-0.25, -0.2) is 0 Å². The highest BCUT2D eigenvalue weighted by atomic mass is 16.1. The molecule has 17 heavy (non-hydrogen) atoms. The van der Waals surface area contributed by atoms with Crippen LogP contribution in [0.4, 0.5) is 0 Å². The van der Waals surface area contributed by atoms with Gasteiger partial charge in [0.05, 0.1) is 5.69 Å². The molecule has 0 aliphatic carbocycles. The summed E-state index contributed by atoms with van der Waals surface area (Å²) in [4.78, 5) is 11.9. The third-order valence-corrected chi connectivity index (χ3v) is 2.85. The van der Waals surface area contributed by atoms with Crippen LogP contribution < -0.4 is 11.3 Å². The van der Waals surface area contributed by atoms with Gasteiger partial charge in [0.2, 0.25) is 0 Å². The Morgan fingerprint density at radius 3 is 2.82 bits per heavy atom. The summed E-state index contributed by atoms with van der Waals surface area (Å²) < 4.78 is 1.50. The van der Waals surface area contributed by atoms with Gasteiger partial charge >= 0.3 is 0 Å². The van der Waals surface area contributed by atoms with E-state index in [2.05, 4.69) is 11.2 Å². The number of aromatic nitrogens is 2. The van der Waals surface area contributed by atoms with Gasteiger partial charge < -0.3 is 5.73 Å². The molecular formula is C13H17N3O. The van der Waals surface area contributed by atoms with E-state index in [1.165, 1.54) is 10.2 Å². The Bertz CT molecular complexity index is 581. The lowest BCUT2D eigenvalue weighted by atomic mass is 10.0. The Kier molecular flexibility index (Phi) is 3.15. The zero-order valence-electron chi connectivity index (χ0n) is 10.2. The second-order valence-electron chi connectivity index (χ2n) is 4.24. The Labute approximate surface area is 100 Å². The maximum atomic E-state index is 11.9. The van der Waals surface area contributed by atoms with Crippen LogP contribution in [-0.2, 0) is 13.5 Å². The Morgan fingerprint density at radius 1 is 1.41 bits per heavy atom. The lowest BCUT2D eigenvalue weighted by molar-refractivity contribution is 0.739. The van der Waals surface area contributed by atoms with Gasteiger partial charge in [0.25, 0.3) is 5.56 Å². The molecule has 1 aromatic heterocycles. The summed E-state index contributed by atoms with van der Waals surface area (Å²) in [6, 6.07) is 8.08. The number of nitrogens with two attached hydrogens (primary N) is 1. The molecule has 1 aromatic carbocycles. The van der Waals surface area contributed by atoms with E-state index < -0.39 is 0 Å². The van der Waals surface area contributed by atoms with Gasteiger partial charge in [-0.05, 0) is 26.0 Å². The molecule has 0 aliphatic rings. The number of hydrogen-bond acceptors (Lipinski definition) is 2. The van der Waals surface area contributed by atoms with Crippen LogP contribution in [0.2, 0.25) is 0 Å². The molecule has 0 radical (unpaired) electrons. The normalized spacial score (nSPS) is 10.8. The number of hydrogen-bond donors (Lipinski definition) is 2. The lowest BCUT2D eigenvalue weighted by Crippen LogP contribution is -2.17. The molecule has 1 heterocycles. The summed E-state index contributed by atoms with van der Waals surface area (Å²) in [6.45, 7) is 2.51. The standard InChI is InChI=1S/C13H17N3O/c1-9-4-3-5-10(8-9)12-11(6-7-14)13(17)16(2)15-12/h3-5,8,15H,6-7,14H2,1-2H3. The molecule has 0 fully saturated rings. The number of benzene rings is 1. The largest absolute Gasteiger partial charge is 0.330 e. The molecule has 4 heteroatoms. The minimum Gasteiger partial charge on any atom is -0.330 e. The van der Waals surface area contributed by atoms with E-state index in [0.29, 0.717) is 13.0 Å². The number of rotatable bonds is 3. The maximum Gasteiger partial charge on any atom is 0.270 e. The van der Waals surface area contributed by atoms with Crippen molar-refractivity contribution in [3.05, 3.63) is 45.7 Å². The minimum atomic E-state index is 0.00644. The molecule has 4 nitrogen and oxygen atoms in total. The van der Waals surface area contributed by atoms with Gasteiger partial charge in [-0.2, -0.15) is 0 Å². The molecule has 90 valence electrons. The van der Waals surface area contributed by atoms with Crippen molar-refractivity contribution in [3.63, 3.8) is 0 Å². The van der Waals surface area contributed by atoms with Gasteiger partial charge in [-0.15, -0.1) is 0 Å². The van der Waals surface area contributed by atoms with Crippen LogP contribution in [0.15, 0.2) is 29.1 Å². The third-order valence-electron chi connectivity index (χ3n) is 2.85. The summed E-state index contributed by atoms with van der Waals surface area (Å²) in [5, 5.41) is 3.09. The summed E-state index contributed by atoms with van der Waals surface area (Å²) in [6.07, 6.45) is 0.597. The fourth-order valence-electron chi connectivity index (χ4n) is 2.01. The number of nitrogens with zero attached hydrogens (tertiary/aromatic N) is 1. The molecule has 0 saturated heterocycles.